The molecule has 2 aromatic rings. The van der Waals surface area contributed by atoms with Crippen LogP contribution in [0.15, 0.2) is 42.5 Å². The van der Waals surface area contributed by atoms with E-state index in [9.17, 15) is 9.59 Å². The summed E-state index contributed by atoms with van der Waals surface area (Å²) in [6.45, 7) is 8.41. The molecule has 0 fully saturated rings. The van der Waals surface area contributed by atoms with E-state index >= 15 is 0 Å². The van der Waals surface area contributed by atoms with Crippen LogP contribution in [0.5, 0.6) is 0 Å². The van der Waals surface area contributed by atoms with E-state index in [1.165, 1.54) is 16.7 Å². The monoisotopic (exact) mass is 398 g/mol. The van der Waals surface area contributed by atoms with Crippen LogP contribution in [-0.2, 0) is 21.9 Å². The van der Waals surface area contributed by atoms with E-state index in [1.54, 1.807) is 30.6 Å². The Morgan fingerprint density at radius 2 is 1.71 bits per heavy atom. The van der Waals surface area contributed by atoms with Crippen molar-refractivity contribution in [1.82, 2.24) is 10.2 Å². The van der Waals surface area contributed by atoms with Crippen LogP contribution in [-0.4, -0.2) is 35.6 Å². The van der Waals surface area contributed by atoms with Gasteiger partial charge in [0.15, 0.2) is 0 Å². The van der Waals surface area contributed by atoms with Gasteiger partial charge < -0.3 is 10.2 Å². The van der Waals surface area contributed by atoms with Gasteiger partial charge in [0.1, 0.15) is 6.04 Å². The van der Waals surface area contributed by atoms with Gasteiger partial charge in [-0.05, 0) is 44.4 Å². The number of likely N-dealkylation sites (N-methyl/N-ethyl adjacent to an activating group) is 1. The van der Waals surface area contributed by atoms with Gasteiger partial charge in [-0.1, -0.05) is 53.6 Å². The van der Waals surface area contributed by atoms with Gasteiger partial charge in [-0.2, -0.15) is 0 Å². The minimum Gasteiger partial charge on any atom is -0.357 e. The lowest BCUT2D eigenvalue weighted by Gasteiger charge is -2.29. The number of benzene rings is 2. The lowest BCUT2D eigenvalue weighted by Crippen LogP contribution is -2.47. The van der Waals surface area contributed by atoms with Gasteiger partial charge in [0.25, 0.3) is 0 Å². The van der Waals surface area contributed by atoms with Crippen molar-refractivity contribution in [3.05, 3.63) is 70.3 Å². The summed E-state index contributed by atoms with van der Waals surface area (Å²) in [6.07, 6.45) is 0. The fourth-order valence-electron chi connectivity index (χ4n) is 3.25. The van der Waals surface area contributed by atoms with Crippen molar-refractivity contribution in [3.8, 4) is 0 Å². The fraction of sp³-hybridized carbons (Fsp3) is 0.391. The molecule has 0 aromatic heterocycles. The minimum atomic E-state index is -0.515. The smallest absolute Gasteiger partial charge is 0.242 e. The van der Waals surface area contributed by atoms with Gasteiger partial charge in [-0.3, -0.25) is 9.59 Å². The third kappa shape index (κ3) is 6.13. The number of hydrogen-bond donors (Lipinski definition) is 1. The predicted octanol–water partition coefficient (Wildman–Crippen LogP) is 4.01. The molecule has 0 bridgehead atoms. The Morgan fingerprint density at radius 3 is 2.32 bits per heavy atom. The highest BCUT2D eigenvalue weighted by molar-refractivity contribution is 7.99. The standard InChI is InChI=1S/C23H30N2O2S/c1-16-10-17(2)12-20(11-16)14-28-15-22(26)25(19(4)23(27)24-5)13-21-9-7-6-8-18(21)3/h6-12,19H,13-15H2,1-5H3,(H,24,27)/t19-/m1/s1. The Labute approximate surface area is 172 Å². The summed E-state index contributed by atoms with van der Waals surface area (Å²) in [5.74, 6) is 0.955. The van der Waals surface area contributed by atoms with Gasteiger partial charge in [0.05, 0.1) is 5.75 Å². The van der Waals surface area contributed by atoms with Crippen LogP contribution in [0.25, 0.3) is 0 Å². The summed E-state index contributed by atoms with van der Waals surface area (Å²) < 4.78 is 0. The average Bonchev–Trinajstić information content (AvgIpc) is 2.65. The lowest BCUT2D eigenvalue weighted by atomic mass is 10.1. The lowest BCUT2D eigenvalue weighted by molar-refractivity contribution is -0.138. The van der Waals surface area contributed by atoms with E-state index in [-0.39, 0.29) is 11.8 Å². The van der Waals surface area contributed by atoms with E-state index in [0.29, 0.717) is 12.3 Å². The molecule has 4 nitrogen and oxygen atoms in total. The van der Waals surface area contributed by atoms with Gasteiger partial charge in [0, 0.05) is 19.3 Å². The molecule has 0 aliphatic carbocycles. The van der Waals surface area contributed by atoms with Crippen molar-refractivity contribution >= 4 is 23.6 Å². The first kappa shape index (κ1) is 22.0. The Morgan fingerprint density at radius 1 is 1.07 bits per heavy atom. The van der Waals surface area contributed by atoms with Crippen LogP contribution in [0.4, 0.5) is 0 Å². The number of carbonyl (C=O) groups is 2. The van der Waals surface area contributed by atoms with Crippen LogP contribution in [0, 0.1) is 20.8 Å². The van der Waals surface area contributed by atoms with E-state index in [1.807, 2.05) is 31.2 Å². The number of aryl methyl sites for hydroxylation is 3. The van der Waals surface area contributed by atoms with Gasteiger partial charge in [-0.15, -0.1) is 11.8 Å². The van der Waals surface area contributed by atoms with Crippen LogP contribution in [0.2, 0.25) is 0 Å². The highest BCUT2D eigenvalue weighted by atomic mass is 32.2. The van der Waals surface area contributed by atoms with Crippen molar-refractivity contribution in [2.75, 3.05) is 12.8 Å². The molecule has 0 aliphatic rings. The topological polar surface area (TPSA) is 49.4 Å². The molecule has 0 aliphatic heterocycles. The summed E-state index contributed by atoms with van der Waals surface area (Å²) in [6, 6.07) is 13.9. The maximum absolute atomic E-state index is 13.0. The number of rotatable bonds is 8. The third-order valence-corrected chi connectivity index (χ3v) is 5.78. The van der Waals surface area contributed by atoms with Gasteiger partial charge >= 0.3 is 0 Å². The quantitative estimate of drug-likeness (QED) is 0.731. The molecule has 0 radical (unpaired) electrons. The van der Waals surface area contributed by atoms with Crippen LogP contribution >= 0.6 is 11.8 Å². The number of hydrogen-bond acceptors (Lipinski definition) is 3. The van der Waals surface area contributed by atoms with Crippen molar-refractivity contribution in [2.45, 2.75) is 46.0 Å². The highest BCUT2D eigenvalue weighted by Gasteiger charge is 2.25. The number of nitrogens with zero attached hydrogens (tertiary/aromatic N) is 1. The van der Waals surface area contributed by atoms with Crippen molar-refractivity contribution in [1.29, 1.82) is 0 Å². The molecule has 0 saturated carbocycles. The molecule has 0 spiro atoms. The first-order chi connectivity index (χ1) is 13.3. The summed E-state index contributed by atoms with van der Waals surface area (Å²) in [7, 11) is 1.60. The molecule has 28 heavy (non-hydrogen) atoms. The Balaban J connectivity index is 2.07. The molecule has 1 N–H and O–H groups in total. The van der Waals surface area contributed by atoms with Crippen LogP contribution in [0.1, 0.15) is 34.7 Å². The predicted molar refractivity (Wildman–Crippen MR) is 117 cm³/mol. The van der Waals surface area contributed by atoms with Gasteiger partial charge in [0.2, 0.25) is 11.8 Å². The molecule has 0 unspecified atom stereocenters. The molecule has 150 valence electrons. The molecular weight excluding hydrogens is 368 g/mol. The summed E-state index contributed by atoms with van der Waals surface area (Å²) in [4.78, 5) is 26.8. The minimum absolute atomic E-state index is 0.0197. The zero-order valence-corrected chi connectivity index (χ0v) is 18.2. The van der Waals surface area contributed by atoms with Crippen LogP contribution in [0.3, 0.4) is 0 Å². The second-order valence-corrected chi connectivity index (χ2v) is 8.21. The SMILES string of the molecule is CNC(=O)[C@@H](C)N(Cc1ccccc1C)C(=O)CSCc1cc(C)cc(C)c1. The first-order valence-electron chi connectivity index (χ1n) is 9.52. The molecule has 2 rings (SSSR count). The summed E-state index contributed by atoms with van der Waals surface area (Å²) in [5.41, 5.74) is 5.87. The maximum atomic E-state index is 13.0. The number of nitrogens with one attached hydrogen (secondary N) is 1. The second-order valence-electron chi connectivity index (χ2n) is 7.23. The molecule has 5 heteroatoms. The Bertz CT molecular complexity index is 815. The summed E-state index contributed by atoms with van der Waals surface area (Å²) in [5, 5.41) is 2.66. The molecule has 2 aromatic carbocycles. The zero-order chi connectivity index (χ0) is 20.7. The molecule has 0 saturated heterocycles. The van der Waals surface area contributed by atoms with E-state index < -0.39 is 6.04 Å². The molecule has 2 amide bonds. The normalized spacial score (nSPS) is 11.8. The van der Waals surface area contributed by atoms with Crippen molar-refractivity contribution < 1.29 is 9.59 Å². The zero-order valence-electron chi connectivity index (χ0n) is 17.4. The molecule has 1 atom stereocenters. The van der Waals surface area contributed by atoms with E-state index in [2.05, 4.69) is 37.4 Å². The average molecular weight is 399 g/mol. The third-order valence-electron chi connectivity index (χ3n) is 4.79. The Hall–Kier alpha value is -2.27. The first-order valence-corrected chi connectivity index (χ1v) is 10.7. The largest absolute Gasteiger partial charge is 0.357 e. The number of thioether (sulfide) groups is 1. The molecule has 0 heterocycles. The number of amides is 2. The van der Waals surface area contributed by atoms with Crippen molar-refractivity contribution in [3.63, 3.8) is 0 Å². The van der Waals surface area contributed by atoms with E-state index in [0.717, 1.165) is 16.9 Å². The van der Waals surface area contributed by atoms with Crippen molar-refractivity contribution in [2.24, 2.45) is 0 Å². The van der Waals surface area contributed by atoms with Crippen LogP contribution < -0.4 is 5.32 Å². The molecular formula is C23H30N2O2S. The van der Waals surface area contributed by atoms with Gasteiger partial charge in [-0.25, -0.2) is 0 Å². The second kappa shape index (κ2) is 10.3. The summed E-state index contributed by atoms with van der Waals surface area (Å²) >= 11 is 1.59. The highest BCUT2D eigenvalue weighted by Crippen LogP contribution is 2.19. The Kier molecular flexibility index (Phi) is 8.12. The maximum Gasteiger partial charge on any atom is 0.242 e. The fourth-order valence-corrected chi connectivity index (χ4v) is 4.10. The van der Waals surface area contributed by atoms with E-state index in [4.69, 9.17) is 0 Å². The number of carbonyl (C=O) groups excluding carboxylic acids is 2.